The van der Waals surface area contributed by atoms with E-state index in [0.717, 1.165) is 17.7 Å². The van der Waals surface area contributed by atoms with Crippen LogP contribution in [0.4, 0.5) is 0 Å². The van der Waals surface area contributed by atoms with Gasteiger partial charge in [0, 0.05) is 17.7 Å². The molecule has 1 aromatic heterocycles. The van der Waals surface area contributed by atoms with Crippen LogP contribution in [0.25, 0.3) is 6.08 Å². The van der Waals surface area contributed by atoms with Gasteiger partial charge in [-0.05, 0) is 0 Å². The Morgan fingerprint density at radius 3 is 3.27 bits per heavy atom. The van der Waals surface area contributed by atoms with Crippen LogP contribution < -0.4 is 0 Å². The number of allylic oxidation sites excluding steroid dienone is 1. The van der Waals surface area contributed by atoms with Crippen molar-refractivity contribution in [3.05, 3.63) is 23.0 Å². The summed E-state index contributed by atoms with van der Waals surface area (Å²) in [7, 11) is 0. The molecule has 0 radical (unpaired) electrons. The summed E-state index contributed by atoms with van der Waals surface area (Å²) in [5.41, 5.74) is 1.73. The number of H-pyrrole nitrogens is 1. The molecule has 4 nitrogen and oxygen atoms in total. The predicted molar refractivity (Wildman–Crippen MR) is 38.3 cm³/mol. The monoisotopic (exact) mass is 150 g/mol. The van der Waals surface area contributed by atoms with Gasteiger partial charge < -0.3 is 5.11 Å². The minimum absolute atomic E-state index is 0.119. The molecule has 0 bridgehead atoms. The molecule has 0 amide bonds. The van der Waals surface area contributed by atoms with Crippen molar-refractivity contribution >= 4 is 12.0 Å². The van der Waals surface area contributed by atoms with Gasteiger partial charge in [-0.25, -0.2) is 4.79 Å². The van der Waals surface area contributed by atoms with Crippen LogP contribution in [0.3, 0.4) is 0 Å². The van der Waals surface area contributed by atoms with Crippen LogP contribution in [-0.2, 0) is 6.42 Å². The van der Waals surface area contributed by atoms with Gasteiger partial charge in [0.1, 0.15) is 0 Å². The normalized spacial score (nSPS) is 13.5. The number of carbonyl (C=O) groups is 1. The van der Waals surface area contributed by atoms with Gasteiger partial charge in [0.2, 0.25) is 0 Å². The minimum Gasteiger partial charge on any atom is -0.476 e. The Labute approximate surface area is 62.5 Å². The first-order chi connectivity index (χ1) is 5.29. The maximum Gasteiger partial charge on any atom is 0.357 e. The van der Waals surface area contributed by atoms with Crippen molar-refractivity contribution in [3.8, 4) is 0 Å². The van der Waals surface area contributed by atoms with E-state index >= 15 is 0 Å². The van der Waals surface area contributed by atoms with Gasteiger partial charge in [0.15, 0.2) is 5.69 Å². The molecule has 0 saturated heterocycles. The zero-order valence-corrected chi connectivity index (χ0v) is 5.66. The highest BCUT2D eigenvalue weighted by Crippen LogP contribution is 2.19. The van der Waals surface area contributed by atoms with Crippen LogP contribution in [-0.4, -0.2) is 21.3 Å². The highest BCUT2D eigenvalue weighted by molar-refractivity contribution is 5.91. The molecular formula is C7H6N2O2. The van der Waals surface area contributed by atoms with Crippen LogP contribution in [0.5, 0.6) is 0 Å². The molecule has 0 aromatic carbocycles. The first-order valence-electron chi connectivity index (χ1n) is 3.26. The number of nitrogens with one attached hydrogen (secondary N) is 1. The van der Waals surface area contributed by atoms with Gasteiger partial charge in [0.25, 0.3) is 0 Å². The number of fused-ring (bicyclic) bond motifs is 1. The lowest BCUT2D eigenvalue weighted by molar-refractivity contribution is 0.0690. The third kappa shape index (κ3) is 0.756. The maximum atomic E-state index is 10.5. The Bertz CT molecular complexity index is 338. The molecule has 4 heteroatoms. The first kappa shape index (κ1) is 6.15. The Kier molecular flexibility index (Phi) is 1.09. The molecule has 0 atom stereocenters. The summed E-state index contributed by atoms with van der Waals surface area (Å²) >= 11 is 0. The van der Waals surface area contributed by atoms with E-state index in [1.165, 1.54) is 0 Å². The molecule has 11 heavy (non-hydrogen) atoms. The first-order valence-corrected chi connectivity index (χ1v) is 3.26. The molecule has 2 N–H and O–H groups in total. The zero-order valence-electron chi connectivity index (χ0n) is 5.66. The highest BCUT2D eigenvalue weighted by Gasteiger charge is 2.18. The predicted octanol–water partition coefficient (Wildman–Crippen LogP) is 0.677. The topological polar surface area (TPSA) is 66.0 Å². The lowest BCUT2D eigenvalue weighted by atomic mass is 10.2. The molecule has 0 aliphatic heterocycles. The Morgan fingerprint density at radius 2 is 2.55 bits per heavy atom. The second kappa shape index (κ2) is 1.95. The Hall–Kier alpha value is -1.58. The number of carboxylic acids is 1. The number of rotatable bonds is 1. The third-order valence-electron chi connectivity index (χ3n) is 1.69. The van der Waals surface area contributed by atoms with E-state index < -0.39 is 5.97 Å². The lowest BCUT2D eigenvalue weighted by Gasteiger charge is -1.86. The smallest absolute Gasteiger partial charge is 0.357 e. The summed E-state index contributed by atoms with van der Waals surface area (Å²) in [6.07, 6.45) is 4.45. The van der Waals surface area contributed by atoms with Gasteiger partial charge in [-0.2, -0.15) is 5.10 Å². The summed E-state index contributed by atoms with van der Waals surface area (Å²) in [5.74, 6) is -0.978. The van der Waals surface area contributed by atoms with Gasteiger partial charge in [-0.1, -0.05) is 12.2 Å². The average molecular weight is 150 g/mol. The van der Waals surface area contributed by atoms with Crippen molar-refractivity contribution in [2.75, 3.05) is 0 Å². The van der Waals surface area contributed by atoms with E-state index in [4.69, 9.17) is 5.11 Å². The quantitative estimate of drug-likeness (QED) is 0.618. The van der Waals surface area contributed by atoms with Crippen molar-refractivity contribution < 1.29 is 9.90 Å². The molecule has 1 aromatic rings. The zero-order chi connectivity index (χ0) is 7.84. The number of aromatic carboxylic acids is 1. The lowest BCUT2D eigenvalue weighted by Crippen LogP contribution is -1.98. The number of carboxylic acid groups (broad SMARTS) is 1. The maximum absolute atomic E-state index is 10.5. The summed E-state index contributed by atoms with van der Waals surface area (Å²) < 4.78 is 0. The molecule has 1 aliphatic rings. The fourth-order valence-electron chi connectivity index (χ4n) is 1.18. The van der Waals surface area contributed by atoms with Gasteiger partial charge in [-0.15, -0.1) is 0 Å². The highest BCUT2D eigenvalue weighted by atomic mass is 16.4. The van der Waals surface area contributed by atoms with Crippen LogP contribution in [0.1, 0.15) is 21.7 Å². The molecule has 0 fully saturated rings. The van der Waals surface area contributed by atoms with E-state index in [9.17, 15) is 4.79 Å². The average Bonchev–Trinajstić information content (AvgIpc) is 2.41. The molecule has 0 spiro atoms. The number of hydrogen-bond acceptors (Lipinski definition) is 2. The summed E-state index contributed by atoms with van der Waals surface area (Å²) in [6, 6.07) is 0. The molecule has 0 saturated carbocycles. The van der Waals surface area contributed by atoms with E-state index in [2.05, 4.69) is 10.2 Å². The largest absolute Gasteiger partial charge is 0.476 e. The van der Waals surface area contributed by atoms with Gasteiger partial charge in [0.05, 0.1) is 0 Å². The standard InChI is InChI=1S/C7H6N2O2/c10-7(11)6-4-2-1-3-5(4)8-9-6/h1-2H,3H2,(H,8,9)(H,10,11). The number of aromatic nitrogens is 2. The molecule has 1 aliphatic carbocycles. The van der Waals surface area contributed by atoms with Crippen LogP contribution >= 0.6 is 0 Å². The molecule has 1 heterocycles. The summed E-state index contributed by atoms with van der Waals surface area (Å²) in [6.45, 7) is 0. The van der Waals surface area contributed by atoms with Gasteiger partial charge in [-0.3, -0.25) is 5.10 Å². The third-order valence-corrected chi connectivity index (χ3v) is 1.69. The van der Waals surface area contributed by atoms with Crippen LogP contribution in [0, 0.1) is 0 Å². The summed E-state index contributed by atoms with van der Waals surface area (Å²) in [4.78, 5) is 10.5. The SMILES string of the molecule is O=C(O)c1n[nH]c2c1C=CC2. The van der Waals surface area contributed by atoms with Gasteiger partial charge >= 0.3 is 5.97 Å². The second-order valence-corrected chi connectivity index (χ2v) is 2.38. The number of aromatic amines is 1. The van der Waals surface area contributed by atoms with E-state index in [1.54, 1.807) is 6.08 Å². The number of nitrogens with zero attached hydrogens (tertiary/aromatic N) is 1. The van der Waals surface area contributed by atoms with E-state index in [0.29, 0.717) is 0 Å². The fraction of sp³-hybridized carbons (Fsp3) is 0.143. The van der Waals surface area contributed by atoms with E-state index in [1.807, 2.05) is 6.08 Å². The van der Waals surface area contributed by atoms with Crippen molar-refractivity contribution in [3.63, 3.8) is 0 Å². The van der Waals surface area contributed by atoms with Crippen LogP contribution in [0.15, 0.2) is 6.08 Å². The fourth-order valence-corrected chi connectivity index (χ4v) is 1.18. The molecular weight excluding hydrogens is 144 g/mol. The molecule has 0 unspecified atom stereocenters. The van der Waals surface area contributed by atoms with Crippen molar-refractivity contribution in [1.29, 1.82) is 0 Å². The Balaban J connectivity index is 2.58. The van der Waals surface area contributed by atoms with Crippen LogP contribution in [0.2, 0.25) is 0 Å². The second-order valence-electron chi connectivity index (χ2n) is 2.38. The minimum atomic E-state index is -0.978. The number of hydrogen-bond donors (Lipinski definition) is 2. The summed E-state index contributed by atoms with van der Waals surface area (Å²) in [5, 5.41) is 15.0. The van der Waals surface area contributed by atoms with Crippen molar-refractivity contribution in [1.82, 2.24) is 10.2 Å². The molecule has 56 valence electrons. The van der Waals surface area contributed by atoms with Crippen molar-refractivity contribution in [2.45, 2.75) is 6.42 Å². The van der Waals surface area contributed by atoms with Crippen molar-refractivity contribution in [2.24, 2.45) is 0 Å². The van der Waals surface area contributed by atoms with E-state index in [-0.39, 0.29) is 5.69 Å². The Morgan fingerprint density at radius 1 is 1.73 bits per heavy atom. The molecule has 2 rings (SSSR count).